The summed E-state index contributed by atoms with van der Waals surface area (Å²) in [5, 5.41) is 3.26. The van der Waals surface area contributed by atoms with Crippen molar-refractivity contribution in [2.24, 2.45) is 0 Å². The predicted molar refractivity (Wildman–Crippen MR) is 77.2 cm³/mol. The van der Waals surface area contributed by atoms with Crippen LogP contribution in [0.15, 0.2) is 0 Å². The van der Waals surface area contributed by atoms with E-state index in [1.54, 1.807) is 11.8 Å². The summed E-state index contributed by atoms with van der Waals surface area (Å²) in [4.78, 5) is 14.9. The quantitative estimate of drug-likeness (QED) is 0.831. The van der Waals surface area contributed by atoms with Crippen molar-refractivity contribution < 1.29 is 0 Å². The highest BCUT2D eigenvalue weighted by molar-refractivity contribution is 7.98. The Labute approximate surface area is 112 Å². The summed E-state index contributed by atoms with van der Waals surface area (Å²) in [7, 11) is 0. The largest absolute Gasteiger partial charge is 0.368 e. The van der Waals surface area contributed by atoms with Gasteiger partial charge in [0.25, 0.3) is 0 Å². The molecule has 18 heavy (non-hydrogen) atoms. The maximum atomic E-state index is 5.74. The third kappa shape index (κ3) is 3.38. The van der Waals surface area contributed by atoms with E-state index in [1.165, 1.54) is 12.8 Å². The van der Waals surface area contributed by atoms with Crippen molar-refractivity contribution in [2.45, 2.75) is 25.8 Å². The first kappa shape index (κ1) is 13.2. The molecular weight excluding hydrogens is 248 g/mol. The molecule has 0 bridgehead atoms. The molecule has 0 aromatic carbocycles. The SMILES string of the molecule is CSCC(C)Nc1nc(N)nc(N2CCCC2)n1. The molecule has 3 N–H and O–H groups in total. The molecule has 0 saturated carbocycles. The Balaban J connectivity index is 2.10. The van der Waals surface area contributed by atoms with Crippen LogP contribution in [0.1, 0.15) is 19.8 Å². The minimum atomic E-state index is 0.283. The van der Waals surface area contributed by atoms with Gasteiger partial charge in [-0.3, -0.25) is 0 Å². The highest BCUT2D eigenvalue weighted by atomic mass is 32.2. The Bertz CT molecular complexity index is 393. The lowest BCUT2D eigenvalue weighted by atomic mass is 10.4. The molecule has 100 valence electrons. The molecule has 0 amide bonds. The Morgan fingerprint density at radius 3 is 2.72 bits per heavy atom. The molecule has 1 saturated heterocycles. The monoisotopic (exact) mass is 268 g/mol. The molecule has 0 spiro atoms. The maximum Gasteiger partial charge on any atom is 0.231 e. The Morgan fingerprint density at radius 2 is 2.06 bits per heavy atom. The highest BCUT2D eigenvalue weighted by Crippen LogP contribution is 2.18. The fraction of sp³-hybridized carbons (Fsp3) is 0.727. The lowest BCUT2D eigenvalue weighted by Crippen LogP contribution is -2.24. The van der Waals surface area contributed by atoms with Gasteiger partial charge in [0, 0.05) is 24.9 Å². The molecule has 0 radical (unpaired) electrons. The van der Waals surface area contributed by atoms with Crippen molar-refractivity contribution in [3.05, 3.63) is 0 Å². The molecule has 1 aromatic rings. The van der Waals surface area contributed by atoms with E-state index >= 15 is 0 Å². The lowest BCUT2D eigenvalue weighted by Gasteiger charge is -2.17. The summed E-state index contributed by atoms with van der Waals surface area (Å²) in [5.41, 5.74) is 5.74. The average Bonchev–Trinajstić information content (AvgIpc) is 2.81. The summed E-state index contributed by atoms with van der Waals surface area (Å²) in [6.07, 6.45) is 4.46. The summed E-state index contributed by atoms with van der Waals surface area (Å²) in [5.74, 6) is 2.56. The summed E-state index contributed by atoms with van der Waals surface area (Å²) < 4.78 is 0. The van der Waals surface area contributed by atoms with Gasteiger partial charge in [-0.15, -0.1) is 0 Å². The zero-order valence-electron chi connectivity index (χ0n) is 10.9. The topological polar surface area (TPSA) is 80.0 Å². The molecule has 6 nitrogen and oxygen atoms in total. The molecule has 1 aliphatic heterocycles. The van der Waals surface area contributed by atoms with Crippen molar-refractivity contribution in [3.8, 4) is 0 Å². The van der Waals surface area contributed by atoms with Gasteiger partial charge >= 0.3 is 0 Å². The van der Waals surface area contributed by atoms with Crippen LogP contribution in [0.25, 0.3) is 0 Å². The first-order valence-electron chi connectivity index (χ1n) is 6.21. The molecular formula is C11H20N6S. The number of hydrogen-bond acceptors (Lipinski definition) is 7. The van der Waals surface area contributed by atoms with Gasteiger partial charge in [-0.25, -0.2) is 0 Å². The van der Waals surface area contributed by atoms with Crippen LogP contribution in [0.5, 0.6) is 0 Å². The molecule has 2 heterocycles. The van der Waals surface area contributed by atoms with Gasteiger partial charge in [0.1, 0.15) is 0 Å². The lowest BCUT2D eigenvalue weighted by molar-refractivity contribution is 0.852. The van der Waals surface area contributed by atoms with Crippen molar-refractivity contribution >= 4 is 29.6 Å². The summed E-state index contributed by atoms with van der Waals surface area (Å²) in [6.45, 7) is 4.11. The zero-order chi connectivity index (χ0) is 13.0. The standard InChI is InChI=1S/C11H20N6S/c1-8(7-18-2)13-10-14-9(12)15-11(16-10)17-5-3-4-6-17/h8H,3-7H2,1-2H3,(H3,12,13,14,15,16). The van der Waals surface area contributed by atoms with E-state index in [9.17, 15) is 0 Å². The third-order valence-corrected chi connectivity index (χ3v) is 3.66. The fourth-order valence-corrected chi connectivity index (χ4v) is 2.60. The summed E-state index contributed by atoms with van der Waals surface area (Å²) in [6, 6.07) is 0.313. The number of nitrogens with one attached hydrogen (secondary N) is 1. The minimum Gasteiger partial charge on any atom is -0.368 e. The fourth-order valence-electron chi connectivity index (χ4n) is 2.02. The van der Waals surface area contributed by atoms with Crippen molar-refractivity contribution in [1.29, 1.82) is 0 Å². The number of hydrogen-bond donors (Lipinski definition) is 2. The molecule has 1 fully saturated rings. The van der Waals surface area contributed by atoms with Gasteiger partial charge in [-0.1, -0.05) is 0 Å². The van der Waals surface area contributed by atoms with Crippen LogP contribution in [-0.2, 0) is 0 Å². The van der Waals surface area contributed by atoms with Gasteiger partial charge < -0.3 is 16.0 Å². The van der Waals surface area contributed by atoms with E-state index in [0.717, 1.165) is 18.8 Å². The van der Waals surface area contributed by atoms with Crippen LogP contribution in [0, 0.1) is 0 Å². The van der Waals surface area contributed by atoms with E-state index in [-0.39, 0.29) is 5.95 Å². The smallest absolute Gasteiger partial charge is 0.231 e. The summed E-state index contributed by atoms with van der Waals surface area (Å²) >= 11 is 1.79. The minimum absolute atomic E-state index is 0.283. The van der Waals surface area contributed by atoms with Crippen LogP contribution in [0.2, 0.25) is 0 Å². The third-order valence-electron chi connectivity index (χ3n) is 2.82. The van der Waals surface area contributed by atoms with Crippen molar-refractivity contribution in [3.63, 3.8) is 0 Å². The van der Waals surface area contributed by atoms with Gasteiger partial charge in [-0.05, 0) is 26.0 Å². The molecule has 0 aliphatic carbocycles. The average molecular weight is 268 g/mol. The van der Waals surface area contributed by atoms with Gasteiger partial charge in [0.05, 0.1) is 0 Å². The number of nitrogen functional groups attached to an aromatic ring is 1. The second kappa shape index (κ2) is 6.08. The van der Waals surface area contributed by atoms with E-state index in [4.69, 9.17) is 5.73 Å². The van der Waals surface area contributed by atoms with E-state index in [1.807, 2.05) is 0 Å². The predicted octanol–water partition coefficient (Wildman–Crippen LogP) is 1.22. The second-order valence-electron chi connectivity index (χ2n) is 4.51. The molecule has 2 rings (SSSR count). The van der Waals surface area contributed by atoms with E-state index < -0.39 is 0 Å². The maximum absolute atomic E-state index is 5.74. The number of rotatable bonds is 5. The molecule has 1 aliphatic rings. The molecule has 1 unspecified atom stereocenters. The van der Waals surface area contributed by atoms with Crippen LogP contribution in [0.4, 0.5) is 17.8 Å². The molecule has 7 heteroatoms. The zero-order valence-corrected chi connectivity index (χ0v) is 11.7. The van der Waals surface area contributed by atoms with Crippen LogP contribution in [0.3, 0.4) is 0 Å². The van der Waals surface area contributed by atoms with Gasteiger partial charge in [0.15, 0.2) is 0 Å². The van der Waals surface area contributed by atoms with E-state index in [2.05, 4.69) is 38.3 Å². The number of anilines is 3. The van der Waals surface area contributed by atoms with Crippen LogP contribution < -0.4 is 16.0 Å². The van der Waals surface area contributed by atoms with Crippen LogP contribution >= 0.6 is 11.8 Å². The Kier molecular flexibility index (Phi) is 4.46. The second-order valence-corrected chi connectivity index (χ2v) is 5.42. The van der Waals surface area contributed by atoms with E-state index in [0.29, 0.717) is 17.9 Å². The molecule has 1 atom stereocenters. The van der Waals surface area contributed by atoms with Crippen molar-refractivity contribution in [2.75, 3.05) is 41.0 Å². The Hall–Kier alpha value is -1.24. The van der Waals surface area contributed by atoms with Gasteiger partial charge in [-0.2, -0.15) is 26.7 Å². The normalized spacial score (nSPS) is 16.9. The van der Waals surface area contributed by atoms with Gasteiger partial charge in [0.2, 0.25) is 17.8 Å². The van der Waals surface area contributed by atoms with Crippen molar-refractivity contribution in [1.82, 2.24) is 15.0 Å². The molecule has 1 aromatic heterocycles. The number of nitrogens with zero attached hydrogens (tertiary/aromatic N) is 4. The van der Waals surface area contributed by atoms with Crippen LogP contribution in [-0.4, -0.2) is 46.1 Å². The first-order chi connectivity index (χ1) is 8.69. The number of thioether (sulfide) groups is 1. The number of aromatic nitrogens is 3. The Morgan fingerprint density at radius 1 is 1.33 bits per heavy atom. The highest BCUT2D eigenvalue weighted by Gasteiger charge is 2.17. The number of nitrogens with two attached hydrogens (primary N) is 1. The first-order valence-corrected chi connectivity index (χ1v) is 7.60.